The maximum absolute atomic E-state index is 12.1. The number of carbonyl (C=O) groups is 1. The SMILES string of the molecule is Cc1cc(C(=O)Nc2ccc(Cl)cc2Cl)nc(C)n1. The molecular weight excluding hydrogens is 285 g/mol. The second kappa shape index (κ2) is 5.55. The second-order valence-corrected chi connectivity index (χ2v) is 4.86. The average Bonchev–Trinajstić information content (AvgIpc) is 2.31. The molecule has 98 valence electrons. The summed E-state index contributed by atoms with van der Waals surface area (Å²) in [5.41, 5.74) is 1.53. The average molecular weight is 296 g/mol. The first kappa shape index (κ1) is 13.8. The van der Waals surface area contributed by atoms with E-state index in [0.29, 0.717) is 27.3 Å². The summed E-state index contributed by atoms with van der Waals surface area (Å²) in [6, 6.07) is 6.48. The van der Waals surface area contributed by atoms with Crippen molar-refractivity contribution in [3.63, 3.8) is 0 Å². The molecule has 0 fully saturated rings. The molecule has 0 radical (unpaired) electrons. The molecule has 1 amide bonds. The fourth-order valence-corrected chi connectivity index (χ4v) is 2.07. The van der Waals surface area contributed by atoms with Crippen LogP contribution in [0, 0.1) is 13.8 Å². The Morgan fingerprint density at radius 3 is 2.53 bits per heavy atom. The Bertz CT molecular complexity index is 624. The molecule has 0 atom stereocenters. The summed E-state index contributed by atoms with van der Waals surface area (Å²) < 4.78 is 0. The number of aryl methyl sites for hydroxylation is 2. The minimum Gasteiger partial charge on any atom is -0.319 e. The van der Waals surface area contributed by atoms with E-state index in [9.17, 15) is 4.79 Å². The Kier molecular flexibility index (Phi) is 4.02. The van der Waals surface area contributed by atoms with Crippen LogP contribution in [-0.4, -0.2) is 15.9 Å². The number of carbonyl (C=O) groups excluding carboxylic acids is 1. The highest BCUT2D eigenvalue weighted by Gasteiger charge is 2.11. The molecule has 1 aromatic heterocycles. The Morgan fingerprint density at radius 2 is 1.89 bits per heavy atom. The van der Waals surface area contributed by atoms with E-state index in [1.807, 2.05) is 0 Å². The van der Waals surface area contributed by atoms with Crippen molar-refractivity contribution in [1.82, 2.24) is 9.97 Å². The Labute approximate surface area is 120 Å². The van der Waals surface area contributed by atoms with E-state index in [1.54, 1.807) is 38.1 Å². The van der Waals surface area contributed by atoms with Crippen molar-refractivity contribution in [1.29, 1.82) is 0 Å². The van der Waals surface area contributed by atoms with Crippen LogP contribution < -0.4 is 5.32 Å². The third kappa shape index (κ3) is 3.43. The van der Waals surface area contributed by atoms with Gasteiger partial charge in [0.15, 0.2) is 0 Å². The maximum Gasteiger partial charge on any atom is 0.274 e. The van der Waals surface area contributed by atoms with Gasteiger partial charge >= 0.3 is 0 Å². The second-order valence-electron chi connectivity index (χ2n) is 4.02. The molecular formula is C13H11Cl2N3O. The van der Waals surface area contributed by atoms with Crippen molar-refractivity contribution in [3.05, 3.63) is 51.5 Å². The van der Waals surface area contributed by atoms with E-state index in [1.165, 1.54) is 0 Å². The first-order valence-electron chi connectivity index (χ1n) is 5.54. The van der Waals surface area contributed by atoms with Crippen LogP contribution >= 0.6 is 23.2 Å². The summed E-state index contributed by atoms with van der Waals surface area (Å²) in [6.45, 7) is 3.54. The molecule has 0 aliphatic rings. The fourth-order valence-electron chi connectivity index (χ4n) is 1.61. The highest BCUT2D eigenvalue weighted by Crippen LogP contribution is 2.25. The van der Waals surface area contributed by atoms with E-state index in [-0.39, 0.29) is 5.91 Å². The lowest BCUT2D eigenvalue weighted by molar-refractivity contribution is 0.102. The van der Waals surface area contributed by atoms with Crippen molar-refractivity contribution in [2.75, 3.05) is 5.32 Å². The predicted octanol–water partition coefficient (Wildman–Crippen LogP) is 3.65. The number of benzene rings is 1. The van der Waals surface area contributed by atoms with Gasteiger partial charge in [-0.25, -0.2) is 9.97 Å². The lowest BCUT2D eigenvalue weighted by Crippen LogP contribution is -2.15. The molecule has 0 saturated heterocycles. The molecule has 0 bridgehead atoms. The van der Waals surface area contributed by atoms with Gasteiger partial charge in [0.2, 0.25) is 0 Å². The molecule has 1 aromatic carbocycles. The number of anilines is 1. The minimum absolute atomic E-state index is 0.302. The molecule has 6 heteroatoms. The summed E-state index contributed by atoms with van der Waals surface area (Å²) in [7, 11) is 0. The van der Waals surface area contributed by atoms with Gasteiger partial charge in [0.1, 0.15) is 11.5 Å². The summed E-state index contributed by atoms with van der Waals surface area (Å²) in [6.07, 6.45) is 0. The molecule has 1 N–H and O–H groups in total. The smallest absolute Gasteiger partial charge is 0.274 e. The maximum atomic E-state index is 12.1. The zero-order valence-corrected chi connectivity index (χ0v) is 11.9. The monoisotopic (exact) mass is 295 g/mol. The number of halogens is 2. The van der Waals surface area contributed by atoms with Gasteiger partial charge in [0.05, 0.1) is 10.7 Å². The largest absolute Gasteiger partial charge is 0.319 e. The fraction of sp³-hybridized carbons (Fsp3) is 0.154. The number of nitrogens with one attached hydrogen (secondary N) is 1. The summed E-state index contributed by atoms with van der Waals surface area (Å²) >= 11 is 11.8. The first-order chi connectivity index (χ1) is 8.95. The third-order valence-corrected chi connectivity index (χ3v) is 2.93. The number of hydrogen-bond acceptors (Lipinski definition) is 3. The summed E-state index contributed by atoms with van der Waals surface area (Å²) in [4.78, 5) is 20.3. The van der Waals surface area contributed by atoms with Gasteiger partial charge in [-0.05, 0) is 38.1 Å². The predicted molar refractivity (Wildman–Crippen MR) is 75.9 cm³/mol. The van der Waals surface area contributed by atoms with Crippen molar-refractivity contribution >= 4 is 34.8 Å². The molecule has 0 aliphatic heterocycles. The van der Waals surface area contributed by atoms with Crippen LogP contribution in [0.3, 0.4) is 0 Å². The van der Waals surface area contributed by atoms with Crippen LogP contribution in [0.5, 0.6) is 0 Å². The number of rotatable bonds is 2. The number of hydrogen-bond donors (Lipinski definition) is 1. The van der Waals surface area contributed by atoms with Crippen LogP contribution in [0.15, 0.2) is 24.3 Å². The van der Waals surface area contributed by atoms with Gasteiger partial charge in [0, 0.05) is 10.7 Å². The zero-order valence-electron chi connectivity index (χ0n) is 10.4. The van der Waals surface area contributed by atoms with Crippen LogP contribution in [-0.2, 0) is 0 Å². The standard InChI is InChI=1S/C13H11Cl2N3O/c1-7-5-12(17-8(2)16-7)13(19)18-11-4-3-9(14)6-10(11)15/h3-6H,1-2H3,(H,18,19). The molecule has 19 heavy (non-hydrogen) atoms. The molecule has 2 rings (SSSR count). The molecule has 0 saturated carbocycles. The van der Waals surface area contributed by atoms with Gasteiger partial charge in [-0.3, -0.25) is 4.79 Å². The molecule has 0 unspecified atom stereocenters. The van der Waals surface area contributed by atoms with E-state index >= 15 is 0 Å². The molecule has 0 spiro atoms. The quantitative estimate of drug-likeness (QED) is 0.920. The number of aromatic nitrogens is 2. The number of nitrogens with zero attached hydrogens (tertiary/aromatic N) is 2. The highest BCUT2D eigenvalue weighted by molar-refractivity contribution is 6.36. The molecule has 1 heterocycles. The molecule has 0 aliphatic carbocycles. The van der Waals surface area contributed by atoms with Gasteiger partial charge in [-0.1, -0.05) is 23.2 Å². The Morgan fingerprint density at radius 1 is 1.16 bits per heavy atom. The van der Waals surface area contributed by atoms with E-state index in [2.05, 4.69) is 15.3 Å². The minimum atomic E-state index is -0.335. The van der Waals surface area contributed by atoms with Crippen LogP contribution in [0.4, 0.5) is 5.69 Å². The highest BCUT2D eigenvalue weighted by atomic mass is 35.5. The van der Waals surface area contributed by atoms with Gasteiger partial charge in [-0.2, -0.15) is 0 Å². The van der Waals surface area contributed by atoms with E-state index < -0.39 is 0 Å². The van der Waals surface area contributed by atoms with Gasteiger partial charge in [0.25, 0.3) is 5.91 Å². The lowest BCUT2D eigenvalue weighted by atomic mass is 10.2. The Hall–Kier alpha value is -1.65. The molecule has 2 aromatic rings. The normalized spacial score (nSPS) is 10.3. The third-order valence-electron chi connectivity index (χ3n) is 2.38. The van der Waals surface area contributed by atoms with Crippen molar-refractivity contribution in [3.8, 4) is 0 Å². The van der Waals surface area contributed by atoms with Gasteiger partial charge in [-0.15, -0.1) is 0 Å². The zero-order chi connectivity index (χ0) is 14.0. The summed E-state index contributed by atoms with van der Waals surface area (Å²) in [5, 5.41) is 3.58. The Balaban J connectivity index is 2.25. The van der Waals surface area contributed by atoms with Crippen LogP contribution in [0.2, 0.25) is 10.0 Å². The van der Waals surface area contributed by atoms with Crippen LogP contribution in [0.25, 0.3) is 0 Å². The van der Waals surface area contributed by atoms with Crippen molar-refractivity contribution in [2.24, 2.45) is 0 Å². The number of amides is 1. The van der Waals surface area contributed by atoms with Gasteiger partial charge < -0.3 is 5.32 Å². The van der Waals surface area contributed by atoms with Crippen LogP contribution in [0.1, 0.15) is 22.0 Å². The van der Waals surface area contributed by atoms with Crippen molar-refractivity contribution in [2.45, 2.75) is 13.8 Å². The van der Waals surface area contributed by atoms with E-state index in [4.69, 9.17) is 23.2 Å². The topological polar surface area (TPSA) is 54.9 Å². The van der Waals surface area contributed by atoms with Crippen molar-refractivity contribution < 1.29 is 4.79 Å². The van der Waals surface area contributed by atoms with E-state index in [0.717, 1.165) is 5.69 Å². The summed E-state index contributed by atoms with van der Waals surface area (Å²) in [5.74, 6) is 0.213. The molecule has 4 nitrogen and oxygen atoms in total. The first-order valence-corrected chi connectivity index (χ1v) is 6.30. The lowest BCUT2D eigenvalue weighted by Gasteiger charge is -2.07.